The summed E-state index contributed by atoms with van der Waals surface area (Å²) in [7, 11) is 2.01. The second kappa shape index (κ2) is 6.98. The van der Waals surface area contributed by atoms with E-state index in [9.17, 15) is 4.79 Å². The number of rotatable bonds is 4. The van der Waals surface area contributed by atoms with Gasteiger partial charge in [-0.25, -0.2) is 0 Å². The number of carbonyl (C=O) groups is 1. The lowest BCUT2D eigenvalue weighted by molar-refractivity contribution is 0.0276. The van der Waals surface area contributed by atoms with Gasteiger partial charge in [0.25, 0.3) is 5.91 Å². The Kier molecular flexibility index (Phi) is 4.95. The fraction of sp³-hybridized carbons (Fsp3) is 0.550. The average Bonchev–Trinajstić information content (AvgIpc) is 2.93. The minimum absolute atomic E-state index is 0.168. The van der Waals surface area contributed by atoms with Gasteiger partial charge in [-0.3, -0.25) is 9.69 Å². The maximum absolute atomic E-state index is 13.2. The van der Waals surface area contributed by atoms with E-state index in [0.29, 0.717) is 6.04 Å². The van der Waals surface area contributed by atoms with Crippen LogP contribution in [0.1, 0.15) is 44.0 Å². The van der Waals surface area contributed by atoms with E-state index in [0.717, 1.165) is 36.1 Å². The number of para-hydroxylation sites is 1. The van der Waals surface area contributed by atoms with Crippen molar-refractivity contribution in [2.24, 2.45) is 7.05 Å². The molecule has 4 nitrogen and oxygen atoms in total. The fourth-order valence-corrected chi connectivity index (χ4v) is 3.84. The Hall–Kier alpha value is -1.81. The lowest BCUT2D eigenvalue weighted by Gasteiger charge is -2.45. The van der Waals surface area contributed by atoms with E-state index >= 15 is 0 Å². The molecule has 4 heteroatoms. The van der Waals surface area contributed by atoms with Gasteiger partial charge >= 0.3 is 0 Å². The van der Waals surface area contributed by atoms with Gasteiger partial charge in [-0.1, -0.05) is 31.5 Å². The third-order valence-electron chi connectivity index (χ3n) is 5.58. The molecule has 0 aliphatic carbocycles. The molecule has 1 saturated heterocycles. The van der Waals surface area contributed by atoms with E-state index in [1.807, 2.05) is 36.0 Å². The van der Waals surface area contributed by atoms with Crippen molar-refractivity contribution in [2.75, 3.05) is 19.6 Å². The van der Waals surface area contributed by atoms with Crippen molar-refractivity contribution >= 4 is 16.8 Å². The summed E-state index contributed by atoms with van der Waals surface area (Å²) in [6.45, 7) is 9.60. The molecular weight excluding hydrogens is 298 g/mol. The summed E-state index contributed by atoms with van der Waals surface area (Å²) >= 11 is 0. The molecule has 3 rings (SSSR count). The predicted molar refractivity (Wildman–Crippen MR) is 99.4 cm³/mol. The first-order valence-corrected chi connectivity index (χ1v) is 9.13. The van der Waals surface area contributed by atoms with Gasteiger partial charge in [-0.2, -0.15) is 0 Å². The van der Waals surface area contributed by atoms with E-state index in [2.05, 4.69) is 36.6 Å². The molecule has 0 saturated carbocycles. The summed E-state index contributed by atoms with van der Waals surface area (Å²) in [5.41, 5.74) is 1.94. The second-order valence-electron chi connectivity index (χ2n) is 7.04. The molecule has 0 N–H and O–H groups in total. The Labute approximate surface area is 145 Å². The molecule has 1 fully saturated rings. The molecule has 0 unspecified atom stereocenters. The van der Waals surface area contributed by atoms with Gasteiger partial charge in [0.05, 0.1) is 5.56 Å². The number of fused-ring (bicyclic) bond motifs is 1. The van der Waals surface area contributed by atoms with Crippen LogP contribution in [0, 0.1) is 0 Å². The fourth-order valence-electron chi connectivity index (χ4n) is 3.84. The van der Waals surface area contributed by atoms with Crippen LogP contribution in [0.4, 0.5) is 0 Å². The first kappa shape index (κ1) is 17.0. The quantitative estimate of drug-likeness (QED) is 0.860. The number of nitrogens with zero attached hydrogens (tertiary/aromatic N) is 3. The number of benzene rings is 1. The molecule has 1 aromatic heterocycles. The third kappa shape index (κ3) is 2.95. The van der Waals surface area contributed by atoms with Crippen molar-refractivity contribution in [3.63, 3.8) is 0 Å². The van der Waals surface area contributed by atoms with Crippen LogP contribution in [0.25, 0.3) is 10.9 Å². The van der Waals surface area contributed by atoms with E-state index in [1.54, 1.807) is 0 Å². The van der Waals surface area contributed by atoms with Gasteiger partial charge in [0, 0.05) is 49.3 Å². The van der Waals surface area contributed by atoms with Gasteiger partial charge in [-0.15, -0.1) is 0 Å². The highest BCUT2D eigenvalue weighted by atomic mass is 16.2. The lowest BCUT2D eigenvalue weighted by Crippen LogP contribution is -2.58. The molecule has 1 aromatic carbocycles. The maximum Gasteiger partial charge on any atom is 0.256 e. The summed E-state index contributed by atoms with van der Waals surface area (Å²) in [4.78, 5) is 17.8. The minimum atomic E-state index is 0.168. The van der Waals surface area contributed by atoms with Gasteiger partial charge in [0.2, 0.25) is 0 Å². The Morgan fingerprint density at radius 3 is 2.67 bits per heavy atom. The molecule has 1 aliphatic heterocycles. The SMILES string of the molecule is CCCCN1CCN(C(=O)c2cn(C)c3ccccc23)[C@H](C)[C@@H]1C. The molecule has 2 heterocycles. The highest BCUT2D eigenvalue weighted by Gasteiger charge is 2.34. The third-order valence-corrected chi connectivity index (χ3v) is 5.58. The molecule has 0 spiro atoms. The van der Waals surface area contributed by atoms with Crippen LogP contribution in [0.5, 0.6) is 0 Å². The van der Waals surface area contributed by atoms with Crippen LogP contribution in [0.15, 0.2) is 30.5 Å². The summed E-state index contributed by atoms with van der Waals surface area (Å²) in [6, 6.07) is 8.79. The Morgan fingerprint density at radius 1 is 1.17 bits per heavy atom. The molecule has 0 bridgehead atoms. The summed E-state index contributed by atoms with van der Waals surface area (Å²) in [6.07, 6.45) is 4.43. The van der Waals surface area contributed by atoms with E-state index < -0.39 is 0 Å². The van der Waals surface area contributed by atoms with Crippen LogP contribution >= 0.6 is 0 Å². The zero-order chi connectivity index (χ0) is 17.3. The van der Waals surface area contributed by atoms with Crippen molar-refractivity contribution < 1.29 is 4.79 Å². The molecular formula is C20H29N3O. The number of aryl methyl sites for hydroxylation is 1. The topological polar surface area (TPSA) is 28.5 Å². The van der Waals surface area contributed by atoms with Crippen LogP contribution in [-0.4, -0.2) is 52.0 Å². The molecule has 1 aliphatic rings. The Balaban J connectivity index is 1.82. The zero-order valence-corrected chi connectivity index (χ0v) is 15.3. The number of unbranched alkanes of at least 4 members (excludes halogenated alkanes) is 1. The Morgan fingerprint density at radius 2 is 1.92 bits per heavy atom. The van der Waals surface area contributed by atoms with Gasteiger partial charge in [0.1, 0.15) is 0 Å². The normalized spacial score (nSPS) is 22.2. The van der Waals surface area contributed by atoms with Crippen LogP contribution in [0.2, 0.25) is 0 Å². The van der Waals surface area contributed by atoms with Crippen molar-refractivity contribution in [3.8, 4) is 0 Å². The number of aromatic nitrogens is 1. The van der Waals surface area contributed by atoms with E-state index in [-0.39, 0.29) is 11.9 Å². The lowest BCUT2D eigenvalue weighted by atomic mass is 10.0. The first-order chi connectivity index (χ1) is 11.5. The van der Waals surface area contributed by atoms with Gasteiger partial charge in [0.15, 0.2) is 0 Å². The number of amides is 1. The monoisotopic (exact) mass is 327 g/mol. The summed E-state index contributed by atoms with van der Waals surface area (Å²) in [5, 5.41) is 1.05. The molecule has 24 heavy (non-hydrogen) atoms. The number of carbonyl (C=O) groups excluding carboxylic acids is 1. The van der Waals surface area contributed by atoms with Crippen molar-refractivity contribution in [2.45, 2.75) is 45.7 Å². The number of piperazine rings is 1. The van der Waals surface area contributed by atoms with Crippen LogP contribution < -0.4 is 0 Å². The summed E-state index contributed by atoms with van der Waals surface area (Å²) in [5.74, 6) is 0.168. The summed E-state index contributed by atoms with van der Waals surface area (Å²) < 4.78 is 2.05. The Bertz CT molecular complexity index is 721. The smallest absolute Gasteiger partial charge is 0.256 e. The number of hydrogen-bond acceptors (Lipinski definition) is 2. The van der Waals surface area contributed by atoms with Crippen molar-refractivity contribution in [1.29, 1.82) is 0 Å². The van der Waals surface area contributed by atoms with Crippen LogP contribution in [0.3, 0.4) is 0 Å². The molecule has 2 atom stereocenters. The molecule has 130 valence electrons. The zero-order valence-electron chi connectivity index (χ0n) is 15.3. The van der Waals surface area contributed by atoms with Crippen molar-refractivity contribution in [1.82, 2.24) is 14.4 Å². The average molecular weight is 327 g/mol. The van der Waals surface area contributed by atoms with E-state index in [4.69, 9.17) is 0 Å². The standard InChI is InChI=1S/C20H29N3O/c1-5-6-11-22-12-13-23(16(3)15(22)2)20(24)18-14-21(4)19-10-8-7-9-17(18)19/h7-10,14-16H,5-6,11-13H2,1-4H3/t15-,16+/m0/s1. The maximum atomic E-state index is 13.2. The molecule has 0 radical (unpaired) electrons. The van der Waals surface area contributed by atoms with Gasteiger partial charge in [-0.05, 0) is 32.9 Å². The van der Waals surface area contributed by atoms with Crippen molar-refractivity contribution in [3.05, 3.63) is 36.0 Å². The second-order valence-corrected chi connectivity index (χ2v) is 7.04. The molecule has 1 amide bonds. The highest BCUT2D eigenvalue weighted by molar-refractivity contribution is 6.07. The first-order valence-electron chi connectivity index (χ1n) is 9.13. The number of hydrogen-bond donors (Lipinski definition) is 0. The molecule has 2 aromatic rings. The van der Waals surface area contributed by atoms with Gasteiger partial charge < -0.3 is 9.47 Å². The largest absolute Gasteiger partial charge is 0.350 e. The minimum Gasteiger partial charge on any atom is -0.350 e. The highest BCUT2D eigenvalue weighted by Crippen LogP contribution is 2.25. The predicted octanol–water partition coefficient (Wildman–Crippen LogP) is 3.51. The van der Waals surface area contributed by atoms with E-state index in [1.165, 1.54) is 12.8 Å². The van der Waals surface area contributed by atoms with Crippen LogP contribution in [-0.2, 0) is 7.05 Å².